The summed E-state index contributed by atoms with van der Waals surface area (Å²) in [5, 5.41) is 9.95. The van der Waals surface area contributed by atoms with Crippen molar-refractivity contribution >= 4 is 22.8 Å². The van der Waals surface area contributed by atoms with E-state index in [9.17, 15) is 9.59 Å². The van der Waals surface area contributed by atoms with Gasteiger partial charge in [0.2, 0.25) is 5.91 Å². The molecule has 1 aliphatic carbocycles. The highest BCUT2D eigenvalue weighted by atomic mass is 16.2. The predicted octanol–water partition coefficient (Wildman–Crippen LogP) is 3.28. The normalized spacial score (nSPS) is 16.1. The Morgan fingerprint density at radius 1 is 1.24 bits per heavy atom. The number of nitrogens with zero attached hydrogens (tertiary/aromatic N) is 4. The lowest BCUT2D eigenvalue weighted by Gasteiger charge is -2.28. The summed E-state index contributed by atoms with van der Waals surface area (Å²) in [5.74, 6) is 1.16. The van der Waals surface area contributed by atoms with E-state index in [0.29, 0.717) is 35.0 Å². The number of carbonyl (C=O) groups is 1. The topological polar surface area (TPSA) is 106 Å². The second kappa shape index (κ2) is 8.14. The Labute approximate surface area is 168 Å². The quantitative estimate of drug-likeness (QED) is 0.691. The van der Waals surface area contributed by atoms with E-state index >= 15 is 0 Å². The number of carbonyl (C=O) groups excluding carboxylic acids is 1. The van der Waals surface area contributed by atoms with Gasteiger partial charge in [-0.2, -0.15) is 5.10 Å². The SMILES string of the molecule is Cc1ccc(NC(=O)C(CC2CCCCC2)n2c(C)nc3[nH]ncc3c2=O)nc1. The third kappa shape index (κ3) is 4.06. The highest BCUT2D eigenvalue weighted by Crippen LogP contribution is 2.31. The Kier molecular flexibility index (Phi) is 5.42. The molecule has 0 saturated heterocycles. The third-order valence-corrected chi connectivity index (χ3v) is 5.75. The Bertz CT molecular complexity index is 1060. The second-order valence-electron chi connectivity index (χ2n) is 7.93. The van der Waals surface area contributed by atoms with Crippen LogP contribution >= 0.6 is 0 Å². The molecule has 3 heterocycles. The van der Waals surface area contributed by atoms with Gasteiger partial charge in [0.15, 0.2) is 5.65 Å². The third-order valence-electron chi connectivity index (χ3n) is 5.75. The van der Waals surface area contributed by atoms with Crippen LogP contribution in [0.25, 0.3) is 11.0 Å². The van der Waals surface area contributed by atoms with E-state index in [1.165, 1.54) is 30.0 Å². The van der Waals surface area contributed by atoms with Gasteiger partial charge in [-0.25, -0.2) is 9.97 Å². The number of aromatic nitrogens is 5. The number of aromatic amines is 1. The Hall–Kier alpha value is -3.03. The van der Waals surface area contributed by atoms with E-state index in [-0.39, 0.29) is 11.5 Å². The molecule has 8 heteroatoms. The van der Waals surface area contributed by atoms with Crippen molar-refractivity contribution in [3.8, 4) is 0 Å². The van der Waals surface area contributed by atoms with Gasteiger partial charge in [0, 0.05) is 6.20 Å². The Balaban J connectivity index is 1.70. The molecule has 1 amide bonds. The summed E-state index contributed by atoms with van der Waals surface area (Å²) in [6, 6.07) is 3.04. The lowest BCUT2D eigenvalue weighted by molar-refractivity contribution is -0.120. The number of amides is 1. The summed E-state index contributed by atoms with van der Waals surface area (Å²) >= 11 is 0. The van der Waals surface area contributed by atoms with Gasteiger partial charge in [-0.3, -0.25) is 19.3 Å². The Morgan fingerprint density at radius 2 is 2.03 bits per heavy atom. The zero-order chi connectivity index (χ0) is 20.4. The van der Waals surface area contributed by atoms with Crippen molar-refractivity contribution in [2.45, 2.75) is 58.4 Å². The maximum atomic E-state index is 13.3. The number of hydrogen-bond acceptors (Lipinski definition) is 5. The molecule has 0 bridgehead atoms. The molecule has 0 aliphatic heterocycles. The van der Waals surface area contributed by atoms with Crippen LogP contribution in [0, 0.1) is 19.8 Å². The number of nitrogens with one attached hydrogen (secondary N) is 2. The zero-order valence-electron chi connectivity index (χ0n) is 16.8. The van der Waals surface area contributed by atoms with Crippen molar-refractivity contribution in [3.63, 3.8) is 0 Å². The number of pyridine rings is 1. The summed E-state index contributed by atoms with van der Waals surface area (Å²) < 4.78 is 1.52. The molecule has 1 saturated carbocycles. The van der Waals surface area contributed by atoms with E-state index in [4.69, 9.17) is 0 Å². The number of aryl methyl sites for hydroxylation is 2. The van der Waals surface area contributed by atoms with Crippen LogP contribution in [0.15, 0.2) is 29.3 Å². The van der Waals surface area contributed by atoms with Crippen LogP contribution < -0.4 is 10.9 Å². The van der Waals surface area contributed by atoms with Crippen LogP contribution in [0.5, 0.6) is 0 Å². The van der Waals surface area contributed by atoms with Crippen LogP contribution in [-0.4, -0.2) is 30.6 Å². The van der Waals surface area contributed by atoms with Gasteiger partial charge in [0.25, 0.3) is 5.56 Å². The molecule has 0 aromatic carbocycles. The minimum Gasteiger partial charge on any atom is -0.309 e. The van der Waals surface area contributed by atoms with Gasteiger partial charge in [-0.15, -0.1) is 0 Å². The second-order valence-corrected chi connectivity index (χ2v) is 7.93. The van der Waals surface area contributed by atoms with E-state index < -0.39 is 6.04 Å². The molecule has 0 radical (unpaired) electrons. The molecule has 1 fully saturated rings. The van der Waals surface area contributed by atoms with Gasteiger partial charge in [-0.05, 0) is 37.8 Å². The number of rotatable bonds is 5. The maximum absolute atomic E-state index is 13.3. The van der Waals surface area contributed by atoms with E-state index in [2.05, 4.69) is 25.5 Å². The van der Waals surface area contributed by atoms with Crippen molar-refractivity contribution in [2.75, 3.05) is 5.32 Å². The molecular formula is C21H26N6O2. The first-order valence-electron chi connectivity index (χ1n) is 10.2. The first-order valence-corrected chi connectivity index (χ1v) is 10.2. The molecule has 152 valence electrons. The number of anilines is 1. The summed E-state index contributed by atoms with van der Waals surface area (Å²) in [5.41, 5.74) is 1.22. The first kappa shape index (κ1) is 19.3. The largest absolute Gasteiger partial charge is 0.309 e. The molecule has 0 spiro atoms. The summed E-state index contributed by atoms with van der Waals surface area (Å²) in [6.45, 7) is 3.70. The molecule has 1 atom stereocenters. The highest BCUT2D eigenvalue weighted by Gasteiger charge is 2.29. The average Bonchev–Trinajstić information content (AvgIpc) is 3.18. The molecular weight excluding hydrogens is 368 g/mol. The fourth-order valence-corrected chi connectivity index (χ4v) is 4.20. The van der Waals surface area contributed by atoms with Gasteiger partial charge >= 0.3 is 0 Å². The van der Waals surface area contributed by atoms with E-state index in [0.717, 1.165) is 18.4 Å². The Morgan fingerprint density at radius 3 is 2.76 bits per heavy atom. The van der Waals surface area contributed by atoms with Crippen LogP contribution in [0.2, 0.25) is 0 Å². The number of fused-ring (bicyclic) bond motifs is 1. The fourth-order valence-electron chi connectivity index (χ4n) is 4.20. The molecule has 29 heavy (non-hydrogen) atoms. The molecule has 1 unspecified atom stereocenters. The minimum absolute atomic E-state index is 0.234. The standard InChI is InChI=1S/C21H26N6O2/c1-13-8-9-18(22-11-13)25-20(28)17(10-15-6-4-3-5-7-15)27-14(2)24-19-16(21(27)29)12-23-26-19/h8-9,11-12,15,17H,3-7,10H2,1-2H3,(H,23,26)(H,22,25,28). The lowest BCUT2D eigenvalue weighted by atomic mass is 9.84. The molecule has 3 aromatic rings. The summed E-state index contributed by atoms with van der Waals surface area (Å²) in [7, 11) is 0. The molecule has 2 N–H and O–H groups in total. The van der Waals surface area contributed by atoms with E-state index in [1.807, 2.05) is 13.0 Å². The van der Waals surface area contributed by atoms with Gasteiger partial charge in [0.05, 0.1) is 6.20 Å². The van der Waals surface area contributed by atoms with Crippen LogP contribution in [0.1, 0.15) is 56.0 Å². The fraction of sp³-hybridized carbons (Fsp3) is 0.476. The summed E-state index contributed by atoms with van der Waals surface area (Å²) in [6.07, 6.45) is 9.55. The number of hydrogen-bond donors (Lipinski definition) is 2. The van der Waals surface area contributed by atoms with Gasteiger partial charge in [0.1, 0.15) is 23.1 Å². The van der Waals surface area contributed by atoms with Gasteiger partial charge < -0.3 is 5.32 Å². The zero-order valence-corrected chi connectivity index (χ0v) is 16.8. The van der Waals surface area contributed by atoms with Crippen LogP contribution in [0.3, 0.4) is 0 Å². The monoisotopic (exact) mass is 394 g/mol. The predicted molar refractivity (Wildman–Crippen MR) is 111 cm³/mol. The molecule has 8 nitrogen and oxygen atoms in total. The minimum atomic E-state index is -0.638. The van der Waals surface area contributed by atoms with Crippen molar-refractivity contribution in [3.05, 3.63) is 46.3 Å². The molecule has 4 rings (SSSR count). The van der Waals surface area contributed by atoms with Crippen molar-refractivity contribution in [1.82, 2.24) is 24.7 Å². The lowest BCUT2D eigenvalue weighted by Crippen LogP contribution is -2.37. The molecule has 3 aromatic heterocycles. The van der Waals surface area contributed by atoms with E-state index in [1.54, 1.807) is 19.2 Å². The highest BCUT2D eigenvalue weighted by molar-refractivity contribution is 5.93. The van der Waals surface area contributed by atoms with Crippen molar-refractivity contribution in [2.24, 2.45) is 5.92 Å². The molecule has 1 aliphatic rings. The van der Waals surface area contributed by atoms with Gasteiger partial charge in [-0.1, -0.05) is 38.2 Å². The maximum Gasteiger partial charge on any atom is 0.265 e. The van der Waals surface area contributed by atoms with Crippen LogP contribution in [-0.2, 0) is 4.79 Å². The van der Waals surface area contributed by atoms with Crippen molar-refractivity contribution in [1.29, 1.82) is 0 Å². The summed E-state index contributed by atoms with van der Waals surface area (Å²) in [4.78, 5) is 35.2. The average molecular weight is 394 g/mol. The number of H-pyrrole nitrogens is 1. The first-order chi connectivity index (χ1) is 14.0. The smallest absolute Gasteiger partial charge is 0.265 e. The van der Waals surface area contributed by atoms with Crippen molar-refractivity contribution < 1.29 is 4.79 Å². The van der Waals surface area contributed by atoms with Crippen LogP contribution in [0.4, 0.5) is 5.82 Å².